The number of nitrogens with one attached hydrogen (secondary N) is 1. The highest BCUT2D eigenvalue weighted by atomic mass is 16.5. The molecule has 0 aliphatic heterocycles. The maximum absolute atomic E-state index is 11.3. The first-order valence-electron chi connectivity index (χ1n) is 5.72. The van der Waals surface area contributed by atoms with Crippen molar-refractivity contribution in [3.8, 4) is 0 Å². The van der Waals surface area contributed by atoms with Crippen LogP contribution < -0.4 is 5.32 Å². The van der Waals surface area contributed by atoms with Crippen molar-refractivity contribution in [3.05, 3.63) is 0 Å². The van der Waals surface area contributed by atoms with Crippen molar-refractivity contribution in [3.63, 3.8) is 0 Å². The number of amides is 1. The lowest BCUT2D eigenvalue weighted by atomic mass is 10.2. The molecule has 96 valence electrons. The molecule has 1 amide bonds. The maximum atomic E-state index is 11.3. The van der Waals surface area contributed by atoms with Gasteiger partial charge in [-0.3, -0.25) is 4.79 Å². The molecule has 0 aromatic heterocycles. The van der Waals surface area contributed by atoms with E-state index >= 15 is 0 Å². The van der Waals surface area contributed by atoms with Gasteiger partial charge in [-0.15, -0.1) is 0 Å². The standard InChI is InChI=1S/C11H23NO4/c1-3-16-8-4-5-11(14)12-7-6-10(13)9-15-2/h10,13H,3-9H2,1-2H3,(H,12,14). The van der Waals surface area contributed by atoms with Crippen LogP contribution in [0.25, 0.3) is 0 Å². The topological polar surface area (TPSA) is 67.8 Å². The number of carbonyl (C=O) groups is 1. The number of ether oxygens (including phenoxy) is 2. The highest BCUT2D eigenvalue weighted by Gasteiger charge is 2.04. The van der Waals surface area contributed by atoms with Gasteiger partial charge in [-0.1, -0.05) is 0 Å². The van der Waals surface area contributed by atoms with Gasteiger partial charge in [0.15, 0.2) is 0 Å². The number of aliphatic hydroxyl groups excluding tert-OH is 1. The van der Waals surface area contributed by atoms with Crippen LogP contribution in [0, 0.1) is 0 Å². The molecule has 0 aliphatic rings. The fourth-order valence-corrected chi connectivity index (χ4v) is 1.22. The molecule has 0 aromatic rings. The van der Waals surface area contributed by atoms with Crippen molar-refractivity contribution in [1.82, 2.24) is 5.32 Å². The van der Waals surface area contributed by atoms with Gasteiger partial charge in [0, 0.05) is 33.3 Å². The number of rotatable bonds is 10. The molecule has 0 bridgehead atoms. The summed E-state index contributed by atoms with van der Waals surface area (Å²) in [7, 11) is 1.54. The van der Waals surface area contributed by atoms with Crippen molar-refractivity contribution in [1.29, 1.82) is 0 Å². The van der Waals surface area contributed by atoms with Crippen molar-refractivity contribution in [2.75, 3.05) is 33.5 Å². The fourth-order valence-electron chi connectivity index (χ4n) is 1.22. The van der Waals surface area contributed by atoms with Crippen molar-refractivity contribution in [2.24, 2.45) is 0 Å². The van der Waals surface area contributed by atoms with Crippen LogP contribution in [0.4, 0.5) is 0 Å². The monoisotopic (exact) mass is 233 g/mol. The molecule has 2 N–H and O–H groups in total. The predicted octanol–water partition coefficient (Wildman–Crippen LogP) is 0.317. The summed E-state index contributed by atoms with van der Waals surface area (Å²) in [6.45, 7) is 4.02. The van der Waals surface area contributed by atoms with E-state index in [1.165, 1.54) is 7.11 Å². The van der Waals surface area contributed by atoms with E-state index in [1.54, 1.807) is 0 Å². The molecule has 0 heterocycles. The van der Waals surface area contributed by atoms with Gasteiger partial charge in [0.1, 0.15) is 0 Å². The largest absolute Gasteiger partial charge is 0.391 e. The summed E-state index contributed by atoms with van der Waals surface area (Å²) in [4.78, 5) is 11.3. The van der Waals surface area contributed by atoms with E-state index in [4.69, 9.17) is 9.47 Å². The Kier molecular flexibility index (Phi) is 10.4. The zero-order valence-corrected chi connectivity index (χ0v) is 10.2. The Labute approximate surface area is 97.1 Å². The molecule has 5 nitrogen and oxygen atoms in total. The SMILES string of the molecule is CCOCCCC(=O)NCCC(O)COC. The van der Waals surface area contributed by atoms with Crippen LogP contribution in [0.1, 0.15) is 26.2 Å². The van der Waals surface area contributed by atoms with Gasteiger partial charge in [0.25, 0.3) is 0 Å². The quantitative estimate of drug-likeness (QED) is 0.533. The van der Waals surface area contributed by atoms with Crippen LogP contribution in [0.2, 0.25) is 0 Å². The van der Waals surface area contributed by atoms with E-state index in [0.717, 1.165) is 6.42 Å². The first-order valence-corrected chi connectivity index (χ1v) is 5.72. The predicted molar refractivity (Wildman–Crippen MR) is 61.2 cm³/mol. The Morgan fingerprint density at radius 3 is 2.88 bits per heavy atom. The van der Waals surface area contributed by atoms with Crippen molar-refractivity contribution >= 4 is 5.91 Å². The zero-order valence-electron chi connectivity index (χ0n) is 10.2. The average molecular weight is 233 g/mol. The number of aliphatic hydroxyl groups is 1. The Bertz CT molecular complexity index is 175. The Hall–Kier alpha value is -0.650. The third-order valence-corrected chi connectivity index (χ3v) is 2.06. The molecule has 0 aromatic carbocycles. The van der Waals surface area contributed by atoms with Gasteiger partial charge in [-0.2, -0.15) is 0 Å². The lowest BCUT2D eigenvalue weighted by molar-refractivity contribution is -0.121. The highest BCUT2D eigenvalue weighted by molar-refractivity contribution is 5.75. The summed E-state index contributed by atoms with van der Waals surface area (Å²) in [5.41, 5.74) is 0. The van der Waals surface area contributed by atoms with E-state index in [1.807, 2.05) is 6.92 Å². The molecule has 1 atom stereocenters. The number of carbonyl (C=O) groups excluding carboxylic acids is 1. The number of methoxy groups -OCH3 is 1. The smallest absolute Gasteiger partial charge is 0.220 e. The van der Waals surface area contributed by atoms with E-state index in [9.17, 15) is 9.90 Å². The molecule has 0 aliphatic carbocycles. The summed E-state index contributed by atoms with van der Waals surface area (Å²) in [6.07, 6.45) is 1.22. The van der Waals surface area contributed by atoms with Crippen LogP contribution in [0.15, 0.2) is 0 Å². The third kappa shape index (κ3) is 9.89. The molecule has 5 heteroatoms. The number of hydrogen-bond donors (Lipinski definition) is 2. The summed E-state index contributed by atoms with van der Waals surface area (Å²) in [6, 6.07) is 0. The molecule has 0 saturated carbocycles. The normalized spacial score (nSPS) is 12.4. The van der Waals surface area contributed by atoms with E-state index in [0.29, 0.717) is 39.2 Å². The van der Waals surface area contributed by atoms with Gasteiger partial charge in [-0.25, -0.2) is 0 Å². The lowest BCUT2D eigenvalue weighted by Gasteiger charge is -2.10. The molecule has 0 radical (unpaired) electrons. The Morgan fingerprint density at radius 2 is 2.25 bits per heavy atom. The van der Waals surface area contributed by atoms with Crippen LogP contribution >= 0.6 is 0 Å². The summed E-state index contributed by atoms with van der Waals surface area (Å²) >= 11 is 0. The second kappa shape index (κ2) is 10.9. The minimum atomic E-state index is -0.506. The van der Waals surface area contributed by atoms with Gasteiger partial charge >= 0.3 is 0 Å². The summed E-state index contributed by atoms with van der Waals surface area (Å²) in [5, 5.41) is 12.1. The molecule has 0 spiro atoms. The molecule has 0 rings (SSSR count). The van der Waals surface area contributed by atoms with Gasteiger partial charge in [0.2, 0.25) is 5.91 Å². The van der Waals surface area contributed by atoms with Gasteiger partial charge < -0.3 is 19.9 Å². The van der Waals surface area contributed by atoms with E-state index in [-0.39, 0.29) is 5.91 Å². The fraction of sp³-hybridized carbons (Fsp3) is 0.909. The first-order chi connectivity index (χ1) is 7.70. The van der Waals surface area contributed by atoms with E-state index in [2.05, 4.69) is 5.32 Å². The van der Waals surface area contributed by atoms with Gasteiger partial charge in [0.05, 0.1) is 12.7 Å². The second-order valence-corrected chi connectivity index (χ2v) is 3.55. The highest BCUT2D eigenvalue weighted by Crippen LogP contribution is 1.93. The minimum Gasteiger partial charge on any atom is -0.391 e. The van der Waals surface area contributed by atoms with E-state index < -0.39 is 6.10 Å². The summed E-state index contributed by atoms with van der Waals surface area (Å²) in [5.74, 6) is 0.00400. The zero-order chi connectivity index (χ0) is 12.2. The van der Waals surface area contributed by atoms with Crippen LogP contribution in [-0.2, 0) is 14.3 Å². The third-order valence-electron chi connectivity index (χ3n) is 2.06. The molecule has 1 unspecified atom stereocenters. The van der Waals surface area contributed by atoms with Crippen LogP contribution in [0.5, 0.6) is 0 Å². The second-order valence-electron chi connectivity index (χ2n) is 3.55. The lowest BCUT2D eigenvalue weighted by Crippen LogP contribution is -2.28. The van der Waals surface area contributed by atoms with Crippen molar-refractivity contribution < 1.29 is 19.4 Å². The van der Waals surface area contributed by atoms with Crippen molar-refractivity contribution in [2.45, 2.75) is 32.3 Å². The maximum Gasteiger partial charge on any atom is 0.220 e. The number of hydrogen-bond acceptors (Lipinski definition) is 4. The van der Waals surface area contributed by atoms with Gasteiger partial charge in [-0.05, 0) is 19.8 Å². The molecular weight excluding hydrogens is 210 g/mol. The Balaban J connectivity index is 3.29. The molecule has 16 heavy (non-hydrogen) atoms. The molecular formula is C11H23NO4. The average Bonchev–Trinajstić information content (AvgIpc) is 2.25. The molecule has 0 saturated heterocycles. The Morgan fingerprint density at radius 1 is 1.50 bits per heavy atom. The summed E-state index contributed by atoms with van der Waals surface area (Å²) < 4.78 is 9.90. The van der Waals surface area contributed by atoms with Crippen LogP contribution in [-0.4, -0.2) is 50.6 Å². The molecule has 0 fully saturated rings. The van der Waals surface area contributed by atoms with Crippen LogP contribution in [0.3, 0.4) is 0 Å². The first kappa shape index (κ1) is 15.3. The minimum absolute atomic E-state index is 0.00400.